The van der Waals surface area contributed by atoms with E-state index in [9.17, 15) is 13.2 Å². The molecule has 1 amide bonds. The summed E-state index contributed by atoms with van der Waals surface area (Å²) in [5.41, 5.74) is 0.990. The molecule has 2 aromatic rings. The fraction of sp³-hybridized carbons (Fsp3) is 0.0714. The predicted octanol–water partition coefficient (Wildman–Crippen LogP) is 1.92. The van der Waals surface area contributed by atoms with Crippen LogP contribution >= 0.6 is 11.6 Å². The Kier molecular flexibility index (Phi) is 4.62. The van der Waals surface area contributed by atoms with Crippen LogP contribution in [0, 0.1) is 0 Å². The molecular weight excluding hydrogens is 312 g/mol. The number of carbonyl (C=O) groups excluding carboxylic acids is 1. The summed E-state index contributed by atoms with van der Waals surface area (Å²) in [5, 5.41) is 8.10. The SMILES string of the molecule is NS(=O)(=O)c1ccc(Cl)c(CNC(=O)c2ccccc2)c1. The Bertz CT molecular complexity index is 761. The zero-order valence-electron chi connectivity index (χ0n) is 10.9. The smallest absolute Gasteiger partial charge is 0.251 e. The van der Waals surface area contributed by atoms with E-state index in [1.165, 1.54) is 18.2 Å². The van der Waals surface area contributed by atoms with Crippen LogP contribution in [0.4, 0.5) is 0 Å². The highest BCUT2D eigenvalue weighted by Gasteiger charge is 2.12. The zero-order valence-corrected chi connectivity index (χ0v) is 12.5. The van der Waals surface area contributed by atoms with Crippen molar-refractivity contribution < 1.29 is 13.2 Å². The van der Waals surface area contributed by atoms with Crippen LogP contribution in [-0.4, -0.2) is 14.3 Å². The Hall–Kier alpha value is -1.89. The van der Waals surface area contributed by atoms with E-state index in [0.717, 1.165) is 0 Å². The number of nitrogens with one attached hydrogen (secondary N) is 1. The Balaban J connectivity index is 2.15. The van der Waals surface area contributed by atoms with Crippen molar-refractivity contribution in [3.63, 3.8) is 0 Å². The van der Waals surface area contributed by atoms with E-state index in [2.05, 4.69) is 5.32 Å². The molecule has 0 aliphatic heterocycles. The Morgan fingerprint density at radius 1 is 1.14 bits per heavy atom. The first-order valence-electron chi connectivity index (χ1n) is 6.02. The summed E-state index contributed by atoms with van der Waals surface area (Å²) in [6.07, 6.45) is 0. The minimum Gasteiger partial charge on any atom is -0.348 e. The number of sulfonamides is 1. The Morgan fingerprint density at radius 2 is 1.81 bits per heavy atom. The van der Waals surface area contributed by atoms with Gasteiger partial charge in [0.25, 0.3) is 5.91 Å². The lowest BCUT2D eigenvalue weighted by Gasteiger charge is -2.08. The topological polar surface area (TPSA) is 89.3 Å². The van der Waals surface area contributed by atoms with Gasteiger partial charge in [-0.3, -0.25) is 4.79 Å². The molecule has 3 N–H and O–H groups in total. The summed E-state index contributed by atoms with van der Waals surface area (Å²) < 4.78 is 22.6. The third-order valence-electron chi connectivity index (χ3n) is 2.82. The van der Waals surface area contributed by atoms with Gasteiger partial charge in [0, 0.05) is 17.1 Å². The number of hydrogen-bond donors (Lipinski definition) is 2. The van der Waals surface area contributed by atoms with Crippen molar-refractivity contribution in [2.75, 3.05) is 0 Å². The van der Waals surface area contributed by atoms with Crippen molar-refractivity contribution in [1.82, 2.24) is 5.32 Å². The van der Waals surface area contributed by atoms with Crippen LogP contribution in [0.15, 0.2) is 53.4 Å². The van der Waals surface area contributed by atoms with E-state index in [4.69, 9.17) is 16.7 Å². The first-order chi connectivity index (χ1) is 9.88. The number of rotatable bonds is 4. The van der Waals surface area contributed by atoms with Gasteiger partial charge in [0.1, 0.15) is 0 Å². The van der Waals surface area contributed by atoms with Gasteiger partial charge in [-0.1, -0.05) is 29.8 Å². The predicted molar refractivity (Wildman–Crippen MR) is 80.4 cm³/mol. The number of amides is 1. The van der Waals surface area contributed by atoms with Gasteiger partial charge in [-0.05, 0) is 35.9 Å². The highest BCUT2D eigenvalue weighted by Crippen LogP contribution is 2.19. The van der Waals surface area contributed by atoms with Crippen LogP contribution in [0.1, 0.15) is 15.9 Å². The van der Waals surface area contributed by atoms with E-state index in [1.807, 2.05) is 6.07 Å². The monoisotopic (exact) mass is 324 g/mol. The first kappa shape index (κ1) is 15.5. The van der Waals surface area contributed by atoms with Gasteiger partial charge in [-0.2, -0.15) is 0 Å². The molecule has 7 heteroatoms. The maximum Gasteiger partial charge on any atom is 0.251 e. The largest absolute Gasteiger partial charge is 0.348 e. The molecule has 5 nitrogen and oxygen atoms in total. The second-order valence-corrected chi connectivity index (χ2v) is 6.32. The lowest BCUT2D eigenvalue weighted by Crippen LogP contribution is -2.23. The Labute approximate surface area is 127 Å². The molecule has 2 aromatic carbocycles. The molecule has 0 saturated heterocycles. The number of nitrogens with two attached hydrogens (primary N) is 1. The van der Waals surface area contributed by atoms with Crippen molar-refractivity contribution in [3.05, 3.63) is 64.7 Å². The molecule has 0 atom stereocenters. The maximum absolute atomic E-state index is 11.9. The van der Waals surface area contributed by atoms with Crippen LogP contribution in [0.3, 0.4) is 0 Å². The summed E-state index contributed by atoms with van der Waals surface area (Å²) in [6, 6.07) is 12.8. The number of primary sulfonamides is 1. The molecular formula is C14H13ClN2O3S. The van der Waals surface area contributed by atoms with E-state index in [-0.39, 0.29) is 17.3 Å². The summed E-state index contributed by atoms with van der Waals surface area (Å²) in [6.45, 7) is 0.107. The van der Waals surface area contributed by atoms with Crippen LogP contribution < -0.4 is 10.5 Å². The summed E-state index contributed by atoms with van der Waals surface area (Å²) >= 11 is 5.99. The van der Waals surface area contributed by atoms with Gasteiger partial charge in [-0.15, -0.1) is 0 Å². The molecule has 0 spiro atoms. The quantitative estimate of drug-likeness (QED) is 0.900. The lowest BCUT2D eigenvalue weighted by molar-refractivity contribution is 0.0951. The van der Waals surface area contributed by atoms with Gasteiger partial charge in [-0.25, -0.2) is 13.6 Å². The number of carbonyl (C=O) groups is 1. The minimum absolute atomic E-state index is 0.0455. The highest BCUT2D eigenvalue weighted by molar-refractivity contribution is 7.89. The summed E-state index contributed by atoms with van der Waals surface area (Å²) in [5.74, 6) is -0.271. The van der Waals surface area contributed by atoms with Crippen LogP contribution in [0.2, 0.25) is 5.02 Å². The van der Waals surface area contributed by atoms with Gasteiger partial charge in [0.2, 0.25) is 10.0 Å². The standard InChI is InChI=1S/C14H13ClN2O3S/c15-13-7-6-12(21(16,19)20)8-11(13)9-17-14(18)10-4-2-1-3-5-10/h1-8H,9H2,(H,17,18)(H2,16,19,20). The second kappa shape index (κ2) is 6.26. The molecule has 0 saturated carbocycles. The van der Waals surface area contributed by atoms with Crippen molar-refractivity contribution in [2.45, 2.75) is 11.4 Å². The first-order valence-corrected chi connectivity index (χ1v) is 7.95. The molecule has 0 bridgehead atoms. The summed E-state index contributed by atoms with van der Waals surface area (Å²) in [7, 11) is -3.80. The molecule has 0 unspecified atom stereocenters. The molecule has 2 rings (SSSR count). The van der Waals surface area contributed by atoms with Gasteiger partial charge < -0.3 is 5.32 Å². The van der Waals surface area contributed by atoms with E-state index >= 15 is 0 Å². The molecule has 0 aliphatic carbocycles. The van der Waals surface area contributed by atoms with Crippen molar-refractivity contribution in [3.8, 4) is 0 Å². The average Bonchev–Trinajstić information content (AvgIpc) is 2.45. The minimum atomic E-state index is -3.80. The Morgan fingerprint density at radius 3 is 2.43 bits per heavy atom. The van der Waals surface area contributed by atoms with E-state index in [0.29, 0.717) is 16.1 Å². The molecule has 0 aliphatic rings. The van der Waals surface area contributed by atoms with E-state index < -0.39 is 10.0 Å². The summed E-state index contributed by atoms with van der Waals surface area (Å²) in [4.78, 5) is 11.9. The van der Waals surface area contributed by atoms with E-state index in [1.54, 1.807) is 24.3 Å². The lowest BCUT2D eigenvalue weighted by atomic mass is 10.2. The maximum atomic E-state index is 11.9. The van der Waals surface area contributed by atoms with Crippen molar-refractivity contribution >= 4 is 27.5 Å². The van der Waals surface area contributed by atoms with Crippen LogP contribution in [-0.2, 0) is 16.6 Å². The number of benzene rings is 2. The van der Waals surface area contributed by atoms with Gasteiger partial charge >= 0.3 is 0 Å². The molecule has 0 radical (unpaired) electrons. The third-order valence-corrected chi connectivity index (χ3v) is 4.10. The van der Waals surface area contributed by atoms with Crippen molar-refractivity contribution in [1.29, 1.82) is 0 Å². The van der Waals surface area contributed by atoms with Gasteiger partial charge in [0.05, 0.1) is 4.90 Å². The van der Waals surface area contributed by atoms with Crippen LogP contribution in [0.5, 0.6) is 0 Å². The number of hydrogen-bond acceptors (Lipinski definition) is 3. The molecule has 0 aromatic heterocycles. The molecule has 0 heterocycles. The zero-order chi connectivity index (χ0) is 15.5. The fourth-order valence-electron chi connectivity index (χ4n) is 1.73. The fourth-order valence-corrected chi connectivity index (χ4v) is 2.48. The van der Waals surface area contributed by atoms with Crippen molar-refractivity contribution in [2.24, 2.45) is 5.14 Å². The average molecular weight is 325 g/mol. The van der Waals surface area contributed by atoms with Gasteiger partial charge in [0.15, 0.2) is 0 Å². The van der Waals surface area contributed by atoms with Crippen LogP contribution in [0.25, 0.3) is 0 Å². The molecule has 21 heavy (non-hydrogen) atoms. The molecule has 0 fully saturated rings. The molecule has 110 valence electrons. The second-order valence-electron chi connectivity index (χ2n) is 4.35. The third kappa shape index (κ3) is 4.04. The highest BCUT2D eigenvalue weighted by atomic mass is 35.5. The number of halogens is 1. The normalized spacial score (nSPS) is 11.1.